The first-order valence-corrected chi connectivity index (χ1v) is 24.3. The van der Waals surface area contributed by atoms with Crippen LogP contribution in [0.25, 0.3) is 94.0 Å². The van der Waals surface area contributed by atoms with Crippen LogP contribution >= 0.6 is 0 Å². The van der Waals surface area contributed by atoms with Gasteiger partial charge >= 0.3 is 0 Å². The van der Waals surface area contributed by atoms with E-state index in [1.165, 1.54) is 38.6 Å². The van der Waals surface area contributed by atoms with Gasteiger partial charge in [-0.1, -0.05) is 165 Å². The maximum Gasteiger partial charge on any atom is 0.121 e. The molecule has 0 unspecified atom stereocenters. The Morgan fingerprint density at radius 3 is 2.04 bits per heavy atom. The molecule has 0 bridgehead atoms. The van der Waals surface area contributed by atoms with E-state index in [1.54, 1.807) is 0 Å². The molecule has 1 radical (unpaired) electrons. The van der Waals surface area contributed by atoms with Gasteiger partial charge in [0, 0.05) is 40.1 Å². The molecule has 8 aromatic carbocycles. The second kappa shape index (κ2) is 19.3. The van der Waals surface area contributed by atoms with Crippen LogP contribution in [0.4, 0.5) is 0 Å². The number of pyridine rings is 1. The monoisotopic (exact) mass is 1090 g/mol. The quantitative estimate of drug-likeness (QED) is 0.118. The Bertz CT molecular complexity index is 3730. The summed E-state index contributed by atoms with van der Waals surface area (Å²) >= 11 is 0. The summed E-state index contributed by atoms with van der Waals surface area (Å²) in [5, 5.41) is 6.73. The Morgan fingerprint density at radius 1 is 0.629 bits per heavy atom. The summed E-state index contributed by atoms with van der Waals surface area (Å²) in [5.74, 6) is 0.991. The topological polar surface area (TPSA) is 43.9 Å². The molecule has 353 valence electrons. The zero-order valence-corrected chi connectivity index (χ0v) is 44.2. The van der Waals surface area contributed by atoms with Gasteiger partial charge in [0.05, 0.1) is 22.4 Å². The molecule has 0 aliphatic rings. The van der Waals surface area contributed by atoms with Crippen molar-refractivity contribution >= 4 is 54.5 Å². The van der Waals surface area contributed by atoms with Crippen LogP contribution in [0, 0.1) is 17.5 Å². The second-order valence-electron chi connectivity index (χ2n) is 21.0. The molecule has 0 fully saturated rings. The molecule has 0 aliphatic heterocycles. The average molecular weight is 1090 g/mol. The van der Waals surface area contributed by atoms with Crippen molar-refractivity contribution in [2.45, 2.75) is 92.9 Å². The molecule has 0 spiro atoms. The third kappa shape index (κ3) is 9.38. The summed E-state index contributed by atoms with van der Waals surface area (Å²) in [6.45, 7) is 21.5. The van der Waals surface area contributed by atoms with Gasteiger partial charge in [0.1, 0.15) is 5.58 Å². The molecule has 11 aromatic rings. The number of rotatable bonds is 7. The smallest absolute Gasteiger partial charge is 0.121 e. The predicted octanol–water partition coefficient (Wildman–Crippen LogP) is 18.0. The first-order chi connectivity index (χ1) is 33.9. The van der Waals surface area contributed by atoms with Crippen molar-refractivity contribution < 1.29 is 27.3 Å². The Balaban J connectivity index is 0.000000321. The fourth-order valence-electron chi connectivity index (χ4n) is 9.64. The van der Waals surface area contributed by atoms with Gasteiger partial charge in [0.25, 0.3) is 0 Å². The number of benzene rings is 8. The molecule has 0 atom stereocenters. The summed E-state index contributed by atoms with van der Waals surface area (Å²) in [5.41, 5.74) is 12.9. The minimum Gasteiger partial charge on any atom is -0.501 e. The SMILES string of the molecule is CC(C)(C)c1ccnc(-c2[c-]cccc2)c1.[2H]C([2H])(c1cccc2nc(-c3[c-]ccc4c3oc3cc5c(ccc6ccccc65)cc34)n(-c3c(C(C)C)cc(-c4ccccc4)cc3C(C)C)c12)C(C)(C)C.[Ir]. The van der Waals surface area contributed by atoms with Gasteiger partial charge in [-0.25, -0.2) is 0 Å². The number of aromatic nitrogens is 3. The van der Waals surface area contributed by atoms with E-state index in [4.69, 9.17) is 9.40 Å². The maximum absolute atomic E-state index is 9.63. The van der Waals surface area contributed by atoms with Crippen LogP contribution in [-0.2, 0) is 31.9 Å². The van der Waals surface area contributed by atoms with Gasteiger partial charge in [-0.3, -0.25) is 4.98 Å². The average Bonchev–Trinajstić information content (AvgIpc) is 3.93. The van der Waals surface area contributed by atoms with Gasteiger partial charge in [-0.2, -0.15) is 0 Å². The minimum atomic E-state index is -1.68. The first kappa shape index (κ1) is 45.8. The van der Waals surface area contributed by atoms with Gasteiger partial charge < -0.3 is 14.0 Å². The van der Waals surface area contributed by atoms with E-state index in [2.05, 4.69) is 179 Å². The van der Waals surface area contributed by atoms with Crippen LogP contribution in [0.3, 0.4) is 0 Å². The molecule has 0 saturated heterocycles. The zero-order chi connectivity index (χ0) is 50.0. The summed E-state index contributed by atoms with van der Waals surface area (Å²) in [7, 11) is 0. The Hall–Kier alpha value is -6.65. The van der Waals surface area contributed by atoms with Crippen LogP contribution in [0.2, 0.25) is 0 Å². The molecule has 5 heteroatoms. The zero-order valence-electron chi connectivity index (χ0n) is 43.8. The largest absolute Gasteiger partial charge is 0.501 e. The van der Waals surface area contributed by atoms with Crippen molar-refractivity contribution in [3.63, 3.8) is 0 Å². The number of furan rings is 1. The molecular formula is C65H61IrN3O-2. The molecule has 4 nitrogen and oxygen atoms in total. The molecule has 0 N–H and O–H groups in total. The number of imidazole rings is 1. The van der Waals surface area contributed by atoms with Crippen LogP contribution in [0.15, 0.2) is 168 Å². The van der Waals surface area contributed by atoms with Crippen molar-refractivity contribution in [2.24, 2.45) is 5.41 Å². The Labute approximate surface area is 430 Å². The molecule has 11 rings (SSSR count). The van der Waals surface area contributed by atoms with Gasteiger partial charge in [-0.15, -0.1) is 54.1 Å². The first-order valence-electron chi connectivity index (χ1n) is 25.3. The van der Waals surface area contributed by atoms with Crippen LogP contribution in [-0.4, -0.2) is 14.5 Å². The third-order valence-corrected chi connectivity index (χ3v) is 13.1. The maximum atomic E-state index is 9.63. The van der Waals surface area contributed by atoms with Crippen molar-refractivity contribution in [3.8, 4) is 39.5 Å². The summed E-state index contributed by atoms with van der Waals surface area (Å²) < 4.78 is 28.4. The third-order valence-electron chi connectivity index (χ3n) is 13.1. The minimum absolute atomic E-state index is 0. The summed E-state index contributed by atoms with van der Waals surface area (Å²) in [4.78, 5) is 9.81. The predicted molar refractivity (Wildman–Crippen MR) is 292 cm³/mol. The van der Waals surface area contributed by atoms with E-state index in [1.807, 2.05) is 75.5 Å². The van der Waals surface area contributed by atoms with Crippen molar-refractivity contribution in [1.29, 1.82) is 0 Å². The Kier molecular flexibility index (Phi) is 12.6. The summed E-state index contributed by atoms with van der Waals surface area (Å²) in [6, 6.07) is 61.4. The van der Waals surface area contributed by atoms with Crippen molar-refractivity contribution in [1.82, 2.24) is 14.5 Å². The van der Waals surface area contributed by atoms with Crippen LogP contribution in [0.1, 0.15) is 106 Å². The van der Waals surface area contributed by atoms with Crippen LogP contribution in [0.5, 0.6) is 0 Å². The molecule has 0 saturated carbocycles. The van der Waals surface area contributed by atoms with E-state index in [9.17, 15) is 2.74 Å². The van der Waals surface area contributed by atoms with Gasteiger partial charge in [0.15, 0.2) is 0 Å². The van der Waals surface area contributed by atoms with E-state index in [-0.39, 0.29) is 37.4 Å². The molecule has 0 amide bonds. The second-order valence-corrected chi connectivity index (χ2v) is 21.0. The van der Waals surface area contributed by atoms with Crippen molar-refractivity contribution in [3.05, 3.63) is 198 Å². The van der Waals surface area contributed by atoms with E-state index >= 15 is 0 Å². The molecule has 0 aliphatic carbocycles. The van der Waals surface area contributed by atoms with Gasteiger partial charge in [-0.05, 0) is 126 Å². The van der Waals surface area contributed by atoms with Gasteiger partial charge in [0.2, 0.25) is 0 Å². The fourth-order valence-corrected chi connectivity index (χ4v) is 9.64. The number of nitrogens with zero attached hydrogens (tertiary/aromatic N) is 3. The van der Waals surface area contributed by atoms with E-state index in [0.717, 1.165) is 60.7 Å². The van der Waals surface area contributed by atoms with Crippen LogP contribution < -0.4 is 0 Å². The molecular weight excluding hydrogens is 1030 g/mol. The normalized spacial score (nSPS) is 12.7. The molecule has 3 heterocycles. The molecule has 3 aromatic heterocycles. The number of hydrogen-bond acceptors (Lipinski definition) is 3. The fraction of sp³-hybridized carbons (Fsp3) is 0.231. The number of para-hydroxylation sites is 1. The Morgan fingerprint density at radius 2 is 1.34 bits per heavy atom. The standard InChI is InChI=1S/C50H45N2O.C15H16N.Ir/c1-30(2)40-26-36(32-15-9-8-10-16-32)27-41(31(3)4)47(40)52-46-35(29-50(5,6)7)18-13-22-44(46)51-49(52)39-21-14-20-38-43-25-34-24-23-33-17-11-12-19-37(33)42(34)28-45(43)53-48(38)39;1-15(2,3)13-9-10-16-14(11-13)12-7-5-4-6-8-12;/h8-20,22-28,30-31H,29H2,1-7H3;4-7,9-11H,1-3H3;/q2*-1;/i29D2;;. The van der Waals surface area contributed by atoms with E-state index < -0.39 is 11.8 Å². The number of fused-ring (bicyclic) bond motifs is 7. The van der Waals surface area contributed by atoms with Crippen molar-refractivity contribution in [2.75, 3.05) is 0 Å². The number of hydrogen-bond donors (Lipinski definition) is 0. The van der Waals surface area contributed by atoms with E-state index in [0.29, 0.717) is 17.0 Å². The molecule has 70 heavy (non-hydrogen) atoms. The summed E-state index contributed by atoms with van der Waals surface area (Å²) in [6.07, 6.45) is 0.191.